The van der Waals surface area contributed by atoms with Gasteiger partial charge >= 0.3 is 0 Å². The van der Waals surface area contributed by atoms with E-state index in [4.69, 9.17) is 6.42 Å². The molecule has 1 aromatic heterocycles. The lowest BCUT2D eigenvalue weighted by atomic mass is 10.1. The number of nitrogens with zero attached hydrogens (tertiary/aromatic N) is 3. The van der Waals surface area contributed by atoms with Crippen LogP contribution in [0.3, 0.4) is 0 Å². The van der Waals surface area contributed by atoms with Crippen LogP contribution in [0.4, 0.5) is 5.69 Å². The van der Waals surface area contributed by atoms with Crippen molar-refractivity contribution in [2.24, 2.45) is 4.99 Å². The Kier molecular flexibility index (Phi) is 5.48. The Labute approximate surface area is 160 Å². The normalized spacial score (nSPS) is 11.5. The van der Waals surface area contributed by atoms with E-state index in [-0.39, 0.29) is 24.6 Å². The molecule has 0 N–H and O–H groups in total. The minimum absolute atomic E-state index is 0.00880. The smallest absolute Gasteiger partial charge is 0.270 e. The highest BCUT2D eigenvalue weighted by Gasteiger charge is 2.12. The molecular weight excluding hydrogens is 362 g/mol. The Morgan fingerprint density at radius 3 is 2.59 bits per heavy atom. The molecule has 3 aromatic rings. The predicted molar refractivity (Wildman–Crippen MR) is 105 cm³/mol. The summed E-state index contributed by atoms with van der Waals surface area (Å²) in [7, 11) is 0. The maximum Gasteiger partial charge on any atom is 0.270 e. The molecule has 0 radical (unpaired) electrons. The summed E-state index contributed by atoms with van der Waals surface area (Å²) in [5.41, 5.74) is 2.81. The number of aryl methyl sites for hydroxylation is 1. The van der Waals surface area contributed by atoms with Crippen LogP contribution in [0.2, 0.25) is 0 Å². The fourth-order valence-electron chi connectivity index (χ4n) is 2.72. The number of benzene rings is 2. The van der Waals surface area contributed by atoms with E-state index in [0.717, 1.165) is 17.5 Å². The summed E-state index contributed by atoms with van der Waals surface area (Å²) in [4.78, 5) is 27.6. The largest absolute Gasteiger partial charge is 0.305 e. The molecule has 1 heterocycles. The summed E-state index contributed by atoms with van der Waals surface area (Å²) in [6.07, 6.45) is 6.57. The Hall–Kier alpha value is -3.24. The van der Waals surface area contributed by atoms with Crippen LogP contribution in [-0.4, -0.2) is 15.4 Å². The highest BCUT2D eigenvalue weighted by atomic mass is 32.1. The van der Waals surface area contributed by atoms with E-state index in [1.54, 1.807) is 10.6 Å². The Morgan fingerprint density at radius 1 is 1.26 bits per heavy atom. The first kappa shape index (κ1) is 18.5. The fraction of sp³-hybridized carbons (Fsp3) is 0.200. The fourth-order valence-corrected chi connectivity index (χ4v) is 3.80. The molecule has 0 saturated carbocycles. The number of carbonyl (C=O) groups is 1. The highest BCUT2D eigenvalue weighted by Crippen LogP contribution is 2.23. The van der Waals surface area contributed by atoms with E-state index in [0.29, 0.717) is 9.50 Å². The lowest BCUT2D eigenvalue weighted by Gasteiger charge is -2.01. The van der Waals surface area contributed by atoms with Crippen LogP contribution in [0.15, 0.2) is 47.5 Å². The third kappa shape index (κ3) is 4.13. The number of thiazole rings is 1. The van der Waals surface area contributed by atoms with Gasteiger partial charge in [0.05, 0.1) is 28.1 Å². The van der Waals surface area contributed by atoms with Gasteiger partial charge in [-0.25, -0.2) is 0 Å². The van der Waals surface area contributed by atoms with Crippen LogP contribution >= 0.6 is 11.3 Å². The van der Waals surface area contributed by atoms with Crippen molar-refractivity contribution < 1.29 is 9.72 Å². The first-order chi connectivity index (χ1) is 13.0. The number of fused-ring (bicyclic) bond motifs is 1. The molecule has 2 aromatic carbocycles. The number of hydrogen-bond donors (Lipinski definition) is 0. The Balaban J connectivity index is 1.97. The summed E-state index contributed by atoms with van der Waals surface area (Å²) in [5, 5.41) is 11.0. The van der Waals surface area contributed by atoms with Crippen LogP contribution in [0.25, 0.3) is 10.2 Å². The van der Waals surface area contributed by atoms with Gasteiger partial charge in [-0.2, -0.15) is 4.99 Å². The van der Waals surface area contributed by atoms with Crippen LogP contribution in [0, 0.1) is 22.5 Å². The lowest BCUT2D eigenvalue weighted by molar-refractivity contribution is -0.384. The third-order valence-corrected chi connectivity index (χ3v) is 5.17. The second-order valence-electron chi connectivity index (χ2n) is 5.94. The van der Waals surface area contributed by atoms with Crippen LogP contribution in [0.1, 0.15) is 18.1 Å². The molecule has 7 heteroatoms. The quantitative estimate of drug-likeness (QED) is 0.387. The molecule has 0 aliphatic carbocycles. The van der Waals surface area contributed by atoms with E-state index in [1.165, 1.54) is 29.0 Å². The molecule has 1 amide bonds. The molecule has 0 atom stereocenters. The van der Waals surface area contributed by atoms with Crippen molar-refractivity contribution in [1.82, 2.24) is 4.57 Å². The minimum atomic E-state index is -0.452. The molecule has 3 rings (SSSR count). The van der Waals surface area contributed by atoms with Crippen molar-refractivity contribution in [3.05, 3.63) is 68.5 Å². The number of aromatic nitrogens is 1. The van der Waals surface area contributed by atoms with E-state index in [2.05, 4.69) is 17.8 Å². The van der Waals surface area contributed by atoms with Crippen molar-refractivity contribution >= 4 is 33.1 Å². The van der Waals surface area contributed by atoms with Gasteiger partial charge in [-0.15, -0.1) is 6.42 Å². The number of carbonyl (C=O) groups excluding carboxylic acids is 1. The first-order valence-corrected chi connectivity index (χ1v) is 9.20. The zero-order valence-electron chi connectivity index (χ0n) is 14.7. The molecule has 27 heavy (non-hydrogen) atoms. The lowest BCUT2D eigenvalue weighted by Crippen LogP contribution is -2.17. The molecule has 0 fully saturated rings. The molecular formula is C20H17N3O3S. The van der Waals surface area contributed by atoms with Gasteiger partial charge in [0.2, 0.25) is 0 Å². The second-order valence-corrected chi connectivity index (χ2v) is 6.95. The van der Waals surface area contributed by atoms with E-state index >= 15 is 0 Å². The highest BCUT2D eigenvalue weighted by molar-refractivity contribution is 7.16. The van der Waals surface area contributed by atoms with Crippen LogP contribution in [0.5, 0.6) is 0 Å². The zero-order chi connectivity index (χ0) is 19.4. The summed E-state index contributed by atoms with van der Waals surface area (Å²) < 4.78 is 2.39. The van der Waals surface area contributed by atoms with Gasteiger partial charge in [-0.1, -0.05) is 48.4 Å². The standard InChI is InChI=1S/C20H17N3O3S/c1-3-11-22-17-10-9-16(23(25)26)13-18(17)27-20(22)21-19(24)12-15-7-5-14(4-2)6-8-15/h1,5-10,13H,4,11-12H2,2H3. The minimum Gasteiger partial charge on any atom is -0.305 e. The number of nitro benzene ring substituents is 1. The summed E-state index contributed by atoms with van der Waals surface area (Å²) in [5.74, 6) is 2.25. The van der Waals surface area contributed by atoms with Crippen LogP contribution < -0.4 is 4.80 Å². The van der Waals surface area contributed by atoms with Gasteiger partial charge in [-0.05, 0) is 23.6 Å². The van der Waals surface area contributed by atoms with E-state index in [9.17, 15) is 14.9 Å². The number of nitro groups is 1. The van der Waals surface area contributed by atoms with E-state index < -0.39 is 4.92 Å². The molecule has 0 spiro atoms. The maximum absolute atomic E-state index is 12.4. The Morgan fingerprint density at radius 2 is 1.96 bits per heavy atom. The number of terminal acetylenes is 1. The summed E-state index contributed by atoms with van der Waals surface area (Å²) >= 11 is 1.22. The van der Waals surface area contributed by atoms with Gasteiger partial charge in [0, 0.05) is 12.1 Å². The Bertz CT molecular complexity index is 1120. The number of non-ortho nitro benzene ring substituents is 1. The third-order valence-electron chi connectivity index (χ3n) is 4.13. The molecule has 136 valence electrons. The van der Waals surface area contributed by atoms with Gasteiger partial charge in [-0.3, -0.25) is 14.9 Å². The molecule has 0 saturated heterocycles. The monoisotopic (exact) mass is 379 g/mol. The molecule has 0 bridgehead atoms. The van der Waals surface area contributed by atoms with Crippen LogP contribution in [-0.2, 0) is 24.2 Å². The van der Waals surface area contributed by atoms with E-state index in [1.807, 2.05) is 24.3 Å². The second kappa shape index (κ2) is 7.98. The maximum atomic E-state index is 12.4. The average Bonchev–Trinajstić information content (AvgIpc) is 2.99. The number of rotatable bonds is 5. The summed E-state index contributed by atoms with van der Waals surface area (Å²) in [6, 6.07) is 12.4. The zero-order valence-corrected chi connectivity index (χ0v) is 15.5. The molecule has 0 aliphatic heterocycles. The number of amides is 1. The van der Waals surface area contributed by atoms with Gasteiger partial charge in [0.1, 0.15) is 0 Å². The van der Waals surface area contributed by atoms with Gasteiger partial charge in [0.15, 0.2) is 4.80 Å². The number of hydrogen-bond acceptors (Lipinski definition) is 4. The predicted octanol–water partition coefficient (Wildman–Crippen LogP) is 3.48. The molecule has 6 nitrogen and oxygen atoms in total. The SMILES string of the molecule is C#CCn1c(=NC(=O)Cc2ccc(CC)cc2)sc2cc([N+](=O)[O-])ccc21. The van der Waals surface area contributed by atoms with Gasteiger partial charge in [0.25, 0.3) is 11.6 Å². The summed E-state index contributed by atoms with van der Waals surface area (Å²) in [6.45, 7) is 2.31. The van der Waals surface area contributed by atoms with Gasteiger partial charge < -0.3 is 4.57 Å². The van der Waals surface area contributed by atoms with Crippen molar-refractivity contribution in [2.75, 3.05) is 0 Å². The first-order valence-electron chi connectivity index (χ1n) is 8.38. The van der Waals surface area contributed by atoms with Crippen molar-refractivity contribution in [2.45, 2.75) is 26.3 Å². The molecule has 0 unspecified atom stereocenters. The molecule has 0 aliphatic rings. The van der Waals surface area contributed by atoms with Crippen molar-refractivity contribution in [1.29, 1.82) is 0 Å². The average molecular weight is 379 g/mol. The van der Waals surface area contributed by atoms with Crippen molar-refractivity contribution in [3.63, 3.8) is 0 Å². The topological polar surface area (TPSA) is 77.5 Å². The van der Waals surface area contributed by atoms with Crippen molar-refractivity contribution in [3.8, 4) is 12.3 Å².